The van der Waals surface area contributed by atoms with Gasteiger partial charge in [0.25, 0.3) is 5.91 Å². The van der Waals surface area contributed by atoms with Gasteiger partial charge in [-0.3, -0.25) is 24.1 Å². The van der Waals surface area contributed by atoms with Gasteiger partial charge in [0.05, 0.1) is 19.7 Å². The molecule has 3 N–H and O–H groups in total. The van der Waals surface area contributed by atoms with Crippen LogP contribution in [-0.2, 0) is 41.8 Å². The average Bonchev–Trinajstić information content (AvgIpc) is 3.90. The third-order valence-corrected chi connectivity index (χ3v) is 10.4. The summed E-state index contributed by atoms with van der Waals surface area (Å²) in [6, 6.07) is 2.62. The molecular weight excluding hydrogens is 649 g/mol. The Bertz CT molecular complexity index is 1480. The first-order valence-corrected chi connectivity index (χ1v) is 18.1. The van der Waals surface area contributed by atoms with Crippen LogP contribution in [0.4, 0.5) is 14.0 Å². The number of carbonyl (C=O) groups is 5. The maximum atomic E-state index is 14.4. The lowest BCUT2D eigenvalue weighted by molar-refractivity contribution is -0.144. The molecule has 2 aliphatic carbocycles. The topological polar surface area (TPSA) is 156 Å². The van der Waals surface area contributed by atoms with Crippen LogP contribution in [0.25, 0.3) is 0 Å². The average molecular weight is 700 g/mol. The van der Waals surface area contributed by atoms with Crippen molar-refractivity contribution in [1.82, 2.24) is 25.9 Å². The van der Waals surface area contributed by atoms with Gasteiger partial charge in [0.15, 0.2) is 0 Å². The standard InChI is InChI=1S/C36H50FN5O8/c1-35(2,3)50-33(46)38-28-13-8-6-4-5-7-11-24-17-36(24,32(45)40-48-21-22-14-15-22)39-30(43)29-16-25(19-42(29)31(28)44)49-34(47)41-18-23-10-9-12-27(37)26(23)20-41/h9-10,12,22,24-25,28-29H,4-8,11,13-21H2,1-3H3,(H,38,46)(H,39,43)(H,40,45)/t24-,25-,28+,29+,36-/m1/s1. The third kappa shape index (κ3) is 8.50. The molecule has 3 aliphatic heterocycles. The minimum atomic E-state index is -1.18. The molecule has 50 heavy (non-hydrogen) atoms. The Hall–Kier alpha value is -3.94. The molecule has 4 fully saturated rings. The lowest BCUT2D eigenvalue weighted by Crippen LogP contribution is -2.58. The third-order valence-electron chi connectivity index (χ3n) is 10.4. The Morgan fingerprint density at radius 1 is 1.02 bits per heavy atom. The van der Waals surface area contributed by atoms with Crippen LogP contribution in [0.15, 0.2) is 18.2 Å². The lowest BCUT2D eigenvalue weighted by atomic mass is 10.0. The van der Waals surface area contributed by atoms with E-state index in [4.69, 9.17) is 14.3 Å². The molecule has 1 aromatic carbocycles. The number of nitrogens with zero attached hydrogens (tertiary/aromatic N) is 2. The van der Waals surface area contributed by atoms with Crippen LogP contribution in [0, 0.1) is 17.7 Å². The fourth-order valence-electron chi connectivity index (χ4n) is 7.35. The van der Waals surface area contributed by atoms with Gasteiger partial charge in [-0.25, -0.2) is 19.5 Å². The molecule has 1 aromatic rings. The maximum Gasteiger partial charge on any atom is 0.410 e. The zero-order valence-corrected chi connectivity index (χ0v) is 29.3. The first kappa shape index (κ1) is 35.9. The summed E-state index contributed by atoms with van der Waals surface area (Å²) in [7, 11) is 0. The molecule has 5 aliphatic rings. The fourth-order valence-corrected chi connectivity index (χ4v) is 7.35. The molecule has 0 bridgehead atoms. The number of amides is 5. The predicted octanol–water partition coefficient (Wildman–Crippen LogP) is 4.22. The van der Waals surface area contributed by atoms with Gasteiger partial charge in [0.2, 0.25) is 11.8 Å². The summed E-state index contributed by atoms with van der Waals surface area (Å²) in [5.74, 6) is -1.51. The van der Waals surface area contributed by atoms with E-state index in [1.165, 1.54) is 15.9 Å². The van der Waals surface area contributed by atoms with Crippen LogP contribution in [0.5, 0.6) is 0 Å². The van der Waals surface area contributed by atoms with Crippen LogP contribution in [-0.4, -0.2) is 82.2 Å². The monoisotopic (exact) mass is 699 g/mol. The van der Waals surface area contributed by atoms with E-state index in [9.17, 15) is 28.4 Å². The Balaban J connectivity index is 1.21. The van der Waals surface area contributed by atoms with Crippen molar-refractivity contribution < 1.29 is 42.7 Å². The Morgan fingerprint density at radius 2 is 1.76 bits per heavy atom. The lowest BCUT2D eigenvalue weighted by Gasteiger charge is -2.30. The van der Waals surface area contributed by atoms with Crippen molar-refractivity contribution in [3.63, 3.8) is 0 Å². The summed E-state index contributed by atoms with van der Waals surface area (Å²) >= 11 is 0. The number of hydrogen-bond donors (Lipinski definition) is 3. The van der Waals surface area contributed by atoms with Gasteiger partial charge in [0, 0.05) is 18.5 Å². The first-order valence-electron chi connectivity index (χ1n) is 18.1. The number of hydrogen-bond acceptors (Lipinski definition) is 8. The molecule has 0 unspecified atom stereocenters. The van der Waals surface area contributed by atoms with Crippen LogP contribution in [0.2, 0.25) is 0 Å². The number of alkyl carbamates (subject to hydrolysis) is 1. The summed E-state index contributed by atoms with van der Waals surface area (Å²) in [6.07, 6.45) is 5.59. The van der Waals surface area contributed by atoms with Crippen molar-refractivity contribution in [3.8, 4) is 0 Å². The summed E-state index contributed by atoms with van der Waals surface area (Å²) in [5.41, 5.74) is 1.72. The fraction of sp³-hybridized carbons (Fsp3) is 0.694. The van der Waals surface area contributed by atoms with Crippen molar-refractivity contribution in [2.24, 2.45) is 11.8 Å². The highest BCUT2D eigenvalue weighted by Gasteiger charge is 2.62. The number of benzene rings is 1. The Kier molecular flexibility index (Phi) is 10.6. The SMILES string of the molecule is CC(C)(C)OC(=O)N[C@H]1CCCCCCC[C@@H]2C[C@@]2(C(=O)NOCC2CC2)NC(=O)[C@@H]2C[C@@H](OC(=O)N3Cc4cccc(F)c4C3)CN2C1=O. The smallest absolute Gasteiger partial charge is 0.410 e. The first-order chi connectivity index (χ1) is 23.8. The van der Waals surface area contributed by atoms with E-state index < -0.39 is 65.1 Å². The molecular formula is C36H50FN5O8. The number of fused-ring (bicyclic) bond motifs is 3. The summed E-state index contributed by atoms with van der Waals surface area (Å²) in [6.45, 7) is 5.72. The highest BCUT2D eigenvalue weighted by molar-refractivity contribution is 5.97. The minimum Gasteiger partial charge on any atom is -0.444 e. The van der Waals surface area contributed by atoms with Crippen molar-refractivity contribution in [2.45, 2.75) is 134 Å². The summed E-state index contributed by atoms with van der Waals surface area (Å²) in [5, 5.41) is 5.71. The highest BCUT2D eigenvalue weighted by atomic mass is 19.1. The summed E-state index contributed by atoms with van der Waals surface area (Å²) < 4.78 is 25.7. The second-order valence-corrected chi connectivity index (χ2v) is 15.6. The highest BCUT2D eigenvalue weighted by Crippen LogP contribution is 2.48. The van der Waals surface area contributed by atoms with Crippen molar-refractivity contribution in [3.05, 3.63) is 35.1 Å². The van der Waals surface area contributed by atoms with Gasteiger partial charge in [-0.1, -0.05) is 44.2 Å². The normalized spacial score (nSPS) is 28.6. The van der Waals surface area contributed by atoms with Crippen LogP contribution >= 0.6 is 0 Å². The molecule has 274 valence electrons. The molecule has 0 aromatic heterocycles. The molecule has 0 spiro atoms. The minimum absolute atomic E-state index is 0.0157. The molecule has 5 amide bonds. The van der Waals surface area contributed by atoms with E-state index in [1.807, 2.05) is 0 Å². The zero-order chi connectivity index (χ0) is 35.6. The van der Waals surface area contributed by atoms with E-state index in [-0.39, 0.29) is 32.0 Å². The van der Waals surface area contributed by atoms with Crippen LogP contribution in [0.3, 0.4) is 0 Å². The predicted molar refractivity (Wildman–Crippen MR) is 177 cm³/mol. The van der Waals surface area contributed by atoms with Gasteiger partial charge in [-0.05, 0) is 76.3 Å². The quantitative estimate of drug-likeness (QED) is 0.373. The summed E-state index contributed by atoms with van der Waals surface area (Å²) in [4.78, 5) is 76.4. The van der Waals surface area contributed by atoms with Crippen LogP contribution in [0.1, 0.15) is 103 Å². The number of carbonyl (C=O) groups excluding carboxylic acids is 5. The van der Waals surface area contributed by atoms with Crippen molar-refractivity contribution in [1.29, 1.82) is 0 Å². The molecule has 5 atom stereocenters. The number of hydroxylamine groups is 1. The van der Waals surface area contributed by atoms with E-state index in [1.54, 1.807) is 32.9 Å². The molecule has 14 heteroatoms. The van der Waals surface area contributed by atoms with E-state index >= 15 is 0 Å². The van der Waals surface area contributed by atoms with Gasteiger partial charge >= 0.3 is 12.2 Å². The van der Waals surface area contributed by atoms with Gasteiger partial charge in [-0.2, -0.15) is 0 Å². The van der Waals surface area contributed by atoms with E-state index in [0.29, 0.717) is 42.9 Å². The molecule has 0 radical (unpaired) electrons. The maximum absolute atomic E-state index is 14.4. The largest absolute Gasteiger partial charge is 0.444 e. The van der Waals surface area contributed by atoms with E-state index in [0.717, 1.165) is 44.9 Å². The number of ether oxygens (including phenoxy) is 2. The Labute approximate surface area is 292 Å². The number of nitrogens with one attached hydrogen (secondary N) is 3. The van der Waals surface area contributed by atoms with Crippen LogP contribution < -0.4 is 16.1 Å². The number of rotatable bonds is 6. The molecule has 2 saturated heterocycles. The second kappa shape index (κ2) is 14.7. The number of halogens is 1. The molecule has 13 nitrogen and oxygen atoms in total. The molecule has 2 saturated carbocycles. The van der Waals surface area contributed by atoms with Crippen molar-refractivity contribution >= 4 is 29.9 Å². The van der Waals surface area contributed by atoms with Gasteiger partial charge < -0.3 is 25.0 Å². The Morgan fingerprint density at radius 3 is 2.48 bits per heavy atom. The van der Waals surface area contributed by atoms with Crippen molar-refractivity contribution in [2.75, 3.05) is 13.2 Å². The second-order valence-electron chi connectivity index (χ2n) is 15.6. The molecule has 6 rings (SSSR count). The van der Waals surface area contributed by atoms with Gasteiger partial charge in [0.1, 0.15) is 35.1 Å². The molecule has 3 heterocycles. The van der Waals surface area contributed by atoms with E-state index in [2.05, 4.69) is 16.1 Å². The van der Waals surface area contributed by atoms with Gasteiger partial charge in [-0.15, -0.1) is 0 Å². The zero-order valence-electron chi connectivity index (χ0n) is 29.3.